The Morgan fingerprint density at radius 2 is 1.17 bits per heavy atom. The van der Waals surface area contributed by atoms with E-state index in [1.165, 1.54) is 27.8 Å². The van der Waals surface area contributed by atoms with Crippen LogP contribution < -0.4 is 5.46 Å². The van der Waals surface area contributed by atoms with E-state index in [1.54, 1.807) is 0 Å². The number of aryl methyl sites for hydroxylation is 1. The maximum absolute atomic E-state index is 6.50. The molecule has 0 atom stereocenters. The standard InChI is InChI=1S/C22H21B/c1-15(2)17-13-8-14-21(22(17)23)20-12-7-6-11-19(20)18-10-5-4-9-16(18)3/h4-15H,1-3H3. The lowest BCUT2D eigenvalue weighted by Crippen LogP contribution is -2.15. The zero-order valence-corrected chi connectivity index (χ0v) is 14.0. The highest BCUT2D eigenvalue weighted by Gasteiger charge is 2.13. The number of hydrogen-bond acceptors (Lipinski definition) is 0. The second-order valence-corrected chi connectivity index (χ2v) is 6.32. The van der Waals surface area contributed by atoms with E-state index in [-0.39, 0.29) is 0 Å². The molecule has 0 N–H and O–H groups in total. The Morgan fingerprint density at radius 3 is 1.78 bits per heavy atom. The third kappa shape index (κ3) is 2.96. The molecule has 0 amide bonds. The summed E-state index contributed by atoms with van der Waals surface area (Å²) in [5.41, 5.74) is 8.19. The minimum Gasteiger partial charge on any atom is -0.0856 e. The van der Waals surface area contributed by atoms with E-state index in [2.05, 4.69) is 87.5 Å². The normalized spacial score (nSPS) is 11.0. The van der Waals surface area contributed by atoms with E-state index in [9.17, 15) is 0 Å². The Morgan fingerprint density at radius 1 is 0.652 bits per heavy atom. The summed E-state index contributed by atoms with van der Waals surface area (Å²) in [5, 5.41) is 0. The lowest BCUT2D eigenvalue weighted by Gasteiger charge is -2.18. The van der Waals surface area contributed by atoms with Gasteiger partial charge in [-0.1, -0.05) is 91.6 Å². The SMILES string of the molecule is [B]c1c(-c2ccccc2-c2ccccc2C)cccc1C(C)C. The van der Waals surface area contributed by atoms with Crippen LogP contribution in [-0.2, 0) is 0 Å². The third-order valence-corrected chi connectivity index (χ3v) is 4.41. The van der Waals surface area contributed by atoms with Crippen molar-refractivity contribution in [1.82, 2.24) is 0 Å². The Kier molecular flexibility index (Phi) is 4.38. The van der Waals surface area contributed by atoms with Gasteiger partial charge in [0.2, 0.25) is 0 Å². The van der Waals surface area contributed by atoms with Crippen LogP contribution in [0.1, 0.15) is 30.9 Å². The fourth-order valence-electron chi connectivity index (χ4n) is 3.15. The van der Waals surface area contributed by atoms with Crippen LogP contribution in [0.3, 0.4) is 0 Å². The molecule has 3 aromatic rings. The summed E-state index contributed by atoms with van der Waals surface area (Å²) in [6, 6.07) is 23.4. The molecule has 112 valence electrons. The Labute approximate surface area is 140 Å². The molecule has 0 aromatic heterocycles. The molecule has 0 aliphatic rings. The van der Waals surface area contributed by atoms with Gasteiger partial charge >= 0.3 is 0 Å². The van der Waals surface area contributed by atoms with Crippen molar-refractivity contribution in [2.75, 3.05) is 0 Å². The topological polar surface area (TPSA) is 0 Å². The summed E-state index contributed by atoms with van der Waals surface area (Å²) < 4.78 is 0. The molecule has 1 heteroatoms. The first kappa shape index (κ1) is 15.6. The van der Waals surface area contributed by atoms with Gasteiger partial charge in [-0.05, 0) is 40.7 Å². The molecule has 3 rings (SSSR count). The van der Waals surface area contributed by atoms with Gasteiger partial charge in [-0.2, -0.15) is 0 Å². The maximum atomic E-state index is 6.50. The molecular formula is C22H21B. The van der Waals surface area contributed by atoms with E-state index in [0.717, 1.165) is 11.0 Å². The van der Waals surface area contributed by atoms with Gasteiger partial charge in [0.25, 0.3) is 0 Å². The molecule has 0 unspecified atom stereocenters. The van der Waals surface area contributed by atoms with Crippen molar-refractivity contribution < 1.29 is 0 Å². The van der Waals surface area contributed by atoms with Gasteiger partial charge < -0.3 is 0 Å². The Balaban J connectivity index is 2.24. The summed E-state index contributed by atoms with van der Waals surface area (Å²) in [5.74, 6) is 0.417. The molecule has 0 heterocycles. The highest BCUT2D eigenvalue weighted by Crippen LogP contribution is 2.33. The van der Waals surface area contributed by atoms with Crippen LogP contribution in [0.15, 0.2) is 66.7 Å². The second kappa shape index (κ2) is 6.46. The molecule has 0 fully saturated rings. The van der Waals surface area contributed by atoms with Gasteiger partial charge in [0, 0.05) is 0 Å². The summed E-state index contributed by atoms with van der Waals surface area (Å²) in [6.07, 6.45) is 0. The highest BCUT2D eigenvalue weighted by molar-refractivity contribution is 6.37. The van der Waals surface area contributed by atoms with Crippen LogP contribution in [0.25, 0.3) is 22.3 Å². The van der Waals surface area contributed by atoms with Gasteiger partial charge in [0.1, 0.15) is 7.85 Å². The van der Waals surface area contributed by atoms with E-state index < -0.39 is 0 Å². The van der Waals surface area contributed by atoms with E-state index in [4.69, 9.17) is 7.85 Å². The summed E-state index contributed by atoms with van der Waals surface area (Å²) >= 11 is 0. The van der Waals surface area contributed by atoms with Crippen LogP contribution in [-0.4, -0.2) is 7.85 Å². The summed E-state index contributed by atoms with van der Waals surface area (Å²) in [7, 11) is 6.50. The molecule has 0 aliphatic carbocycles. The van der Waals surface area contributed by atoms with Gasteiger partial charge in [-0.25, -0.2) is 0 Å². The lowest BCUT2D eigenvalue weighted by atomic mass is 9.78. The molecule has 3 aromatic carbocycles. The first-order valence-electron chi connectivity index (χ1n) is 8.13. The average molecular weight is 296 g/mol. The monoisotopic (exact) mass is 296 g/mol. The van der Waals surface area contributed by atoms with Crippen molar-refractivity contribution >= 4 is 13.3 Å². The van der Waals surface area contributed by atoms with Gasteiger partial charge in [0.15, 0.2) is 0 Å². The molecule has 0 saturated carbocycles. The lowest BCUT2D eigenvalue weighted by molar-refractivity contribution is 0.874. The zero-order chi connectivity index (χ0) is 16.4. The number of benzene rings is 3. The van der Waals surface area contributed by atoms with Crippen molar-refractivity contribution in [1.29, 1.82) is 0 Å². The van der Waals surface area contributed by atoms with Crippen molar-refractivity contribution in [2.45, 2.75) is 26.7 Å². The zero-order valence-electron chi connectivity index (χ0n) is 14.0. The predicted octanol–water partition coefficient (Wildman–Crippen LogP) is 5.25. The molecular weight excluding hydrogens is 275 g/mol. The molecule has 0 nitrogen and oxygen atoms in total. The Hall–Kier alpha value is -2.28. The quantitative estimate of drug-likeness (QED) is 0.579. The van der Waals surface area contributed by atoms with Crippen molar-refractivity contribution in [3.8, 4) is 22.3 Å². The second-order valence-electron chi connectivity index (χ2n) is 6.32. The van der Waals surface area contributed by atoms with Crippen LogP contribution in [0, 0.1) is 6.92 Å². The fourth-order valence-corrected chi connectivity index (χ4v) is 3.15. The minimum absolute atomic E-state index is 0.417. The molecule has 0 saturated heterocycles. The number of hydrogen-bond donors (Lipinski definition) is 0. The van der Waals surface area contributed by atoms with Gasteiger partial charge in [0.05, 0.1) is 0 Å². The third-order valence-electron chi connectivity index (χ3n) is 4.41. The van der Waals surface area contributed by atoms with Crippen LogP contribution in [0.4, 0.5) is 0 Å². The van der Waals surface area contributed by atoms with E-state index >= 15 is 0 Å². The van der Waals surface area contributed by atoms with E-state index in [1.807, 2.05) is 0 Å². The molecule has 0 bridgehead atoms. The average Bonchev–Trinajstić information content (AvgIpc) is 2.55. The highest BCUT2D eigenvalue weighted by atomic mass is 14.2. The first-order valence-corrected chi connectivity index (χ1v) is 8.13. The largest absolute Gasteiger partial charge is 0.115 e. The smallest absolute Gasteiger partial charge is 0.0856 e. The molecule has 0 aliphatic heterocycles. The van der Waals surface area contributed by atoms with Crippen LogP contribution in [0.2, 0.25) is 0 Å². The molecule has 23 heavy (non-hydrogen) atoms. The first-order chi connectivity index (χ1) is 11.1. The fraction of sp³-hybridized carbons (Fsp3) is 0.182. The molecule has 0 spiro atoms. The summed E-state index contributed by atoms with van der Waals surface area (Å²) in [4.78, 5) is 0. The Bertz CT molecular complexity index is 831. The van der Waals surface area contributed by atoms with Gasteiger partial charge in [-0.3, -0.25) is 0 Å². The predicted molar refractivity (Wildman–Crippen MR) is 102 cm³/mol. The van der Waals surface area contributed by atoms with Crippen molar-refractivity contribution in [3.63, 3.8) is 0 Å². The van der Waals surface area contributed by atoms with Crippen molar-refractivity contribution in [3.05, 3.63) is 77.9 Å². The maximum Gasteiger partial charge on any atom is 0.115 e. The number of rotatable bonds is 3. The minimum atomic E-state index is 0.417. The summed E-state index contributed by atoms with van der Waals surface area (Å²) in [6.45, 7) is 6.52. The van der Waals surface area contributed by atoms with Gasteiger partial charge in [-0.15, -0.1) is 0 Å². The van der Waals surface area contributed by atoms with Crippen molar-refractivity contribution in [2.24, 2.45) is 0 Å². The van der Waals surface area contributed by atoms with Crippen LogP contribution >= 0.6 is 0 Å². The van der Waals surface area contributed by atoms with E-state index in [0.29, 0.717) is 5.92 Å². The van der Waals surface area contributed by atoms with Crippen LogP contribution in [0.5, 0.6) is 0 Å². The molecule has 2 radical (unpaired) electrons.